The normalized spacial score (nSPS) is 39.2. The zero-order valence-electron chi connectivity index (χ0n) is 18.6. The number of carbonyl (C=O) groups excluding carboxylic acids is 3. The van der Waals surface area contributed by atoms with Gasteiger partial charge in [0.1, 0.15) is 11.6 Å². The Kier molecular flexibility index (Phi) is 6.04. The molecule has 2 fully saturated rings. The van der Waals surface area contributed by atoms with Gasteiger partial charge in [0.05, 0.1) is 0 Å². The number of ketones is 3. The molecule has 3 aliphatic rings. The molecular weight excluding hydrogens is 348 g/mol. The zero-order chi connectivity index (χ0) is 20.8. The summed E-state index contributed by atoms with van der Waals surface area (Å²) in [5, 5.41) is 0. The number of Topliss-reactive ketones (excluding diaryl/α,β-unsaturated/α-hetero) is 3. The summed E-state index contributed by atoms with van der Waals surface area (Å²) >= 11 is 0. The van der Waals surface area contributed by atoms with Crippen LogP contribution in [0.5, 0.6) is 0 Å². The maximum atomic E-state index is 13.1. The second-order valence-corrected chi connectivity index (χ2v) is 10.7. The van der Waals surface area contributed by atoms with Gasteiger partial charge in [-0.15, -0.1) is 0 Å². The van der Waals surface area contributed by atoms with Crippen LogP contribution < -0.4 is 0 Å². The van der Waals surface area contributed by atoms with Gasteiger partial charge in [-0.05, 0) is 73.2 Å². The molecule has 28 heavy (non-hydrogen) atoms. The fraction of sp³-hybridized carbons (Fsp3) is 0.800. The number of hydrogen-bond acceptors (Lipinski definition) is 3. The molecule has 0 aliphatic heterocycles. The van der Waals surface area contributed by atoms with E-state index in [1.807, 2.05) is 0 Å². The summed E-state index contributed by atoms with van der Waals surface area (Å²) in [6.07, 6.45) is 7.18. The van der Waals surface area contributed by atoms with Crippen LogP contribution in [0.4, 0.5) is 0 Å². The molecule has 0 saturated heterocycles. The highest BCUT2D eigenvalue weighted by Gasteiger charge is 2.56. The molecule has 2 saturated carbocycles. The summed E-state index contributed by atoms with van der Waals surface area (Å²) < 4.78 is 0. The number of fused-ring (bicyclic) bond motifs is 1. The van der Waals surface area contributed by atoms with Crippen molar-refractivity contribution in [1.29, 1.82) is 0 Å². The lowest BCUT2D eigenvalue weighted by atomic mass is 9.60. The van der Waals surface area contributed by atoms with Crippen molar-refractivity contribution in [2.75, 3.05) is 0 Å². The Bertz CT molecular complexity index is 688. The fourth-order valence-corrected chi connectivity index (χ4v) is 6.66. The second-order valence-electron chi connectivity index (χ2n) is 10.7. The third kappa shape index (κ3) is 3.78. The van der Waals surface area contributed by atoms with Crippen molar-refractivity contribution in [3.63, 3.8) is 0 Å². The number of carbonyl (C=O) groups is 3. The first-order valence-electron chi connectivity index (χ1n) is 11.3. The molecular formula is C25H38O3. The smallest absolute Gasteiger partial charge is 0.155 e. The van der Waals surface area contributed by atoms with Crippen molar-refractivity contribution in [3.8, 4) is 0 Å². The van der Waals surface area contributed by atoms with E-state index in [1.54, 1.807) is 6.92 Å². The van der Waals surface area contributed by atoms with Gasteiger partial charge in [-0.25, -0.2) is 0 Å². The number of rotatable bonds is 6. The maximum absolute atomic E-state index is 13.1. The number of allylic oxidation sites excluding steroid dienone is 2. The first-order chi connectivity index (χ1) is 13.0. The standard InChI is InChI=1S/C25H38O3/c1-14(2)24-21-11-22(27)20(12-25(21,6)13-23(24)28)16(4)7-9-18-15(3)8-10-19(18)17(5)26/h10,14-16,18,20-21,24H,7-9,11-13H2,1-6H3. The first-order valence-corrected chi connectivity index (χ1v) is 11.3. The Balaban J connectivity index is 1.66. The Hall–Kier alpha value is -1.25. The highest BCUT2D eigenvalue weighted by molar-refractivity contribution is 5.94. The van der Waals surface area contributed by atoms with E-state index >= 15 is 0 Å². The highest BCUT2D eigenvalue weighted by Crippen LogP contribution is 2.56. The molecule has 0 amide bonds. The third-order valence-corrected chi connectivity index (χ3v) is 8.34. The van der Waals surface area contributed by atoms with Crippen molar-refractivity contribution in [1.82, 2.24) is 0 Å². The fourth-order valence-electron chi connectivity index (χ4n) is 6.66. The highest BCUT2D eigenvalue weighted by atomic mass is 16.1. The summed E-state index contributed by atoms with van der Waals surface area (Å²) in [5.41, 5.74) is 0.993. The first kappa shape index (κ1) is 21.5. The molecule has 0 aromatic rings. The lowest BCUT2D eigenvalue weighted by molar-refractivity contribution is -0.133. The predicted molar refractivity (Wildman–Crippen MR) is 112 cm³/mol. The summed E-state index contributed by atoms with van der Waals surface area (Å²) in [4.78, 5) is 37.6. The van der Waals surface area contributed by atoms with Gasteiger partial charge < -0.3 is 0 Å². The second kappa shape index (κ2) is 7.88. The van der Waals surface area contributed by atoms with E-state index in [0.717, 1.165) is 31.3 Å². The van der Waals surface area contributed by atoms with E-state index in [0.29, 0.717) is 48.1 Å². The van der Waals surface area contributed by atoms with Gasteiger partial charge in [0, 0.05) is 24.7 Å². The molecule has 3 aliphatic carbocycles. The summed E-state index contributed by atoms with van der Waals surface area (Å²) in [6.45, 7) is 12.6. The summed E-state index contributed by atoms with van der Waals surface area (Å²) in [6, 6.07) is 0. The molecule has 3 heteroatoms. The molecule has 7 atom stereocenters. The molecule has 0 heterocycles. The van der Waals surface area contributed by atoms with E-state index < -0.39 is 0 Å². The minimum atomic E-state index is -0.00997. The third-order valence-electron chi connectivity index (χ3n) is 8.34. The van der Waals surface area contributed by atoms with Crippen LogP contribution in [0.2, 0.25) is 0 Å². The molecule has 3 nitrogen and oxygen atoms in total. The molecule has 156 valence electrons. The molecule has 0 radical (unpaired) electrons. The molecule has 0 bridgehead atoms. The average molecular weight is 387 g/mol. The largest absolute Gasteiger partial charge is 0.299 e. The minimum absolute atomic E-state index is 0.00997. The lowest BCUT2D eigenvalue weighted by Gasteiger charge is -2.43. The molecule has 0 spiro atoms. The number of hydrogen-bond donors (Lipinski definition) is 0. The van der Waals surface area contributed by atoms with Crippen LogP contribution in [0.3, 0.4) is 0 Å². The monoisotopic (exact) mass is 386 g/mol. The van der Waals surface area contributed by atoms with Gasteiger partial charge in [-0.2, -0.15) is 0 Å². The predicted octanol–water partition coefficient (Wildman–Crippen LogP) is 5.42. The van der Waals surface area contributed by atoms with Crippen LogP contribution in [0.15, 0.2) is 11.6 Å². The van der Waals surface area contributed by atoms with Crippen molar-refractivity contribution >= 4 is 17.3 Å². The van der Waals surface area contributed by atoms with E-state index in [2.05, 4.69) is 40.7 Å². The maximum Gasteiger partial charge on any atom is 0.155 e. The summed E-state index contributed by atoms with van der Waals surface area (Å²) in [5.74, 6) is 2.83. The van der Waals surface area contributed by atoms with Crippen molar-refractivity contribution < 1.29 is 14.4 Å². The average Bonchev–Trinajstić information content (AvgIpc) is 3.08. The van der Waals surface area contributed by atoms with Crippen LogP contribution in [0.25, 0.3) is 0 Å². The van der Waals surface area contributed by atoms with Crippen molar-refractivity contribution in [2.45, 2.75) is 80.1 Å². The molecule has 0 aromatic heterocycles. The quantitative estimate of drug-likeness (QED) is 0.612. The molecule has 7 unspecified atom stereocenters. The minimum Gasteiger partial charge on any atom is -0.299 e. The Morgan fingerprint density at radius 3 is 2.50 bits per heavy atom. The Morgan fingerprint density at radius 1 is 1.21 bits per heavy atom. The van der Waals surface area contributed by atoms with Gasteiger partial charge >= 0.3 is 0 Å². The lowest BCUT2D eigenvalue weighted by Crippen LogP contribution is -2.41. The Morgan fingerprint density at radius 2 is 1.89 bits per heavy atom. The Labute approximate surface area is 170 Å². The van der Waals surface area contributed by atoms with E-state index in [9.17, 15) is 14.4 Å². The molecule has 3 rings (SSSR count). The van der Waals surface area contributed by atoms with Crippen LogP contribution in [-0.4, -0.2) is 17.3 Å². The molecule has 0 aromatic carbocycles. The van der Waals surface area contributed by atoms with E-state index in [1.165, 1.54) is 0 Å². The zero-order valence-corrected chi connectivity index (χ0v) is 18.6. The van der Waals surface area contributed by atoms with Gasteiger partial charge in [0.15, 0.2) is 5.78 Å². The SMILES string of the molecule is CC(=O)C1=CCC(C)C1CCC(C)C1CC2(C)CC(=O)C(C(C)C)C2CC1=O. The van der Waals surface area contributed by atoms with Crippen LogP contribution in [0, 0.1) is 46.8 Å². The van der Waals surface area contributed by atoms with Crippen molar-refractivity contribution in [3.05, 3.63) is 11.6 Å². The van der Waals surface area contributed by atoms with E-state index in [4.69, 9.17) is 0 Å². The van der Waals surface area contributed by atoms with Crippen LogP contribution in [0.1, 0.15) is 80.1 Å². The van der Waals surface area contributed by atoms with E-state index in [-0.39, 0.29) is 29.0 Å². The van der Waals surface area contributed by atoms with Gasteiger partial charge in [0.25, 0.3) is 0 Å². The summed E-state index contributed by atoms with van der Waals surface area (Å²) in [7, 11) is 0. The van der Waals surface area contributed by atoms with Crippen LogP contribution >= 0.6 is 0 Å². The van der Waals surface area contributed by atoms with Gasteiger partial charge in [-0.3, -0.25) is 14.4 Å². The molecule has 0 N–H and O–H groups in total. The van der Waals surface area contributed by atoms with Gasteiger partial charge in [-0.1, -0.05) is 40.7 Å². The van der Waals surface area contributed by atoms with Gasteiger partial charge in [0.2, 0.25) is 0 Å². The topological polar surface area (TPSA) is 51.2 Å². The van der Waals surface area contributed by atoms with Crippen LogP contribution in [-0.2, 0) is 14.4 Å². The van der Waals surface area contributed by atoms with Crippen molar-refractivity contribution in [2.24, 2.45) is 46.8 Å².